The Bertz CT molecular complexity index is 228. The van der Waals surface area contributed by atoms with Crippen LogP contribution >= 0.6 is 11.6 Å². The Kier molecular flexibility index (Phi) is 5.77. The molecule has 0 radical (unpaired) electrons. The minimum atomic E-state index is -0.398. The molecule has 0 aliphatic heterocycles. The van der Waals surface area contributed by atoms with Crippen molar-refractivity contribution in [2.75, 3.05) is 13.2 Å². The van der Waals surface area contributed by atoms with Gasteiger partial charge in [0.25, 0.3) is 0 Å². The van der Waals surface area contributed by atoms with E-state index in [0.29, 0.717) is 18.4 Å². The maximum absolute atomic E-state index is 10.6. The summed E-state index contributed by atoms with van der Waals surface area (Å²) in [5.74, 6) is 2.82. The molecule has 1 unspecified atom stereocenters. The summed E-state index contributed by atoms with van der Waals surface area (Å²) in [6.45, 7) is 7.60. The fourth-order valence-corrected chi connectivity index (χ4v) is 2.96. The van der Waals surface area contributed by atoms with Crippen LogP contribution in [0.3, 0.4) is 0 Å². The van der Waals surface area contributed by atoms with Gasteiger partial charge in [-0.05, 0) is 48.1 Å². The zero-order chi connectivity index (χ0) is 12.1. The van der Waals surface area contributed by atoms with Gasteiger partial charge in [-0.3, -0.25) is 4.79 Å². The third-order valence-corrected chi connectivity index (χ3v) is 3.82. The minimum Gasteiger partial charge on any atom is -0.372 e. The van der Waals surface area contributed by atoms with Crippen LogP contribution in [0.1, 0.15) is 40.0 Å². The largest absolute Gasteiger partial charge is 0.372 e. The van der Waals surface area contributed by atoms with Crippen molar-refractivity contribution in [1.29, 1.82) is 0 Å². The van der Waals surface area contributed by atoms with Crippen LogP contribution in [0.5, 0.6) is 0 Å². The smallest absolute Gasteiger partial charge is 0.247 e. The predicted octanol–water partition coefficient (Wildman–Crippen LogP) is 3.48. The third-order valence-electron chi connectivity index (χ3n) is 3.71. The van der Waals surface area contributed by atoms with Crippen molar-refractivity contribution in [3.63, 3.8) is 0 Å². The fraction of sp³-hybridized carbons (Fsp3) is 0.923. The molecule has 0 saturated heterocycles. The lowest BCUT2D eigenvalue weighted by Gasteiger charge is -2.37. The summed E-state index contributed by atoms with van der Waals surface area (Å²) < 4.78 is 5.38. The molecule has 1 saturated carbocycles. The molecule has 94 valence electrons. The van der Waals surface area contributed by atoms with Crippen LogP contribution in [0.15, 0.2) is 0 Å². The Morgan fingerprint density at radius 1 is 1.44 bits per heavy atom. The van der Waals surface area contributed by atoms with Crippen LogP contribution in [0.25, 0.3) is 0 Å². The molecule has 0 heterocycles. The lowest BCUT2D eigenvalue weighted by Crippen LogP contribution is -2.31. The van der Waals surface area contributed by atoms with Crippen LogP contribution in [0.2, 0.25) is 0 Å². The molecule has 3 atom stereocenters. The number of carbonyl (C=O) groups excluding carboxylic acids is 1. The van der Waals surface area contributed by atoms with E-state index in [-0.39, 0.29) is 6.61 Å². The Labute approximate surface area is 104 Å². The molecule has 1 rings (SSSR count). The SMILES string of the molecule is CC(C)[C@@H]1CC[C@@H](C)CC1COCC(=O)Cl. The summed E-state index contributed by atoms with van der Waals surface area (Å²) >= 11 is 5.26. The van der Waals surface area contributed by atoms with Gasteiger partial charge in [0.15, 0.2) is 0 Å². The molecule has 16 heavy (non-hydrogen) atoms. The average Bonchev–Trinajstić information content (AvgIpc) is 2.16. The fourth-order valence-electron chi connectivity index (χ4n) is 2.88. The van der Waals surface area contributed by atoms with Crippen molar-refractivity contribution in [3.8, 4) is 0 Å². The average molecular weight is 247 g/mol. The Morgan fingerprint density at radius 3 is 2.69 bits per heavy atom. The summed E-state index contributed by atoms with van der Waals surface area (Å²) in [7, 11) is 0. The summed E-state index contributed by atoms with van der Waals surface area (Å²) in [5, 5.41) is -0.398. The van der Waals surface area contributed by atoms with Gasteiger partial charge in [-0.1, -0.05) is 27.2 Å². The van der Waals surface area contributed by atoms with Crippen LogP contribution in [0, 0.1) is 23.7 Å². The maximum Gasteiger partial charge on any atom is 0.247 e. The van der Waals surface area contributed by atoms with Gasteiger partial charge in [0.2, 0.25) is 5.24 Å². The van der Waals surface area contributed by atoms with Crippen LogP contribution < -0.4 is 0 Å². The van der Waals surface area contributed by atoms with Gasteiger partial charge in [-0.25, -0.2) is 0 Å². The van der Waals surface area contributed by atoms with E-state index in [1.165, 1.54) is 19.3 Å². The third kappa shape index (κ3) is 4.42. The van der Waals surface area contributed by atoms with Gasteiger partial charge in [0.1, 0.15) is 6.61 Å². The predicted molar refractivity (Wildman–Crippen MR) is 66.5 cm³/mol. The monoisotopic (exact) mass is 246 g/mol. The van der Waals surface area contributed by atoms with Crippen molar-refractivity contribution < 1.29 is 9.53 Å². The number of rotatable bonds is 5. The van der Waals surface area contributed by atoms with E-state index in [1.807, 2.05) is 0 Å². The van der Waals surface area contributed by atoms with Crippen molar-refractivity contribution in [1.82, 2.24) is 0 Å². The second kappa shape index (κ2) is 6.61. The van der Waals surface area contributed by atoms with E-state index in [0.717, 1.165) is 11.8 Å². The quantitative estimate of drug-likeness (QED) is 0.695. The van der Waals surface area contributed by atoms with Gasteiger partial charge in [-0.15, -0.1) is 0 Å². The standard InChI is InChI=1S/C13H23ClO2/c1-9(2)12-5-4-10(3)6-11(12)7-16-8-13(14)15/h9-12H,4-8H2,1-3H3/t10-,11?,12+/m1/s1. The second-order valence-corrected chi connectivity index (χ2v) is 5.88. The number of carbonyl (C=O) groups is 1. The summed E-state index contributed by atoms with van der Waals surface area (Å²) in [6, 6.07) is 0. The minimum absolute atomic E-state index is 0.0528. The normalized spacial score (nSPS) is 30.7. The van der Waals surface area contributed by atoms with Gasteiger partial charge in [0.05, 0.1) is 6.61 Å². The van der Waals surface area contributed by atoms with Gasteiger partial charge in [0, 0.05) is 0 Å². The highest BCUT2D eigenvalue weighted by molar-refractivity contribution is 6.63. The first kappa shape index (κ1) is 14.0. The molecule has 3 heteroatoms. The molecule has 0 aromatic heterocycles. The van der Waals surface area contributed by atoms with Crippen LogP contribution in [-0.4, -0.2) is 18.5 Å². The number of hydrogen-bond acceptors (Lipinski definition) is 2. The molecular formula is C13H23ClO2. The lowest BCUT2D eigenvalue weighted by molar-refractivity contribution is -0.116. The molecule has 0 amide bonds. The van der Waals surface area contributed by atoms with Crippen molar-refractivity contribution in [3.05, 3.63) is 0 Å². The second-order valence-electron chi connectivity index (χ2n) is 5.46. The van der Waals surface area contributed by atoms with E-state index in [9.17, 15) is 4.79 Å². The van der Waals surface area contributed by atoms with Crippen molar-refractivity contribution >= 4 is 16.8 Å². The molecule has 0 N–H and O–H groups in total. The first-order valence-electron chi connectivity index (χ1n) is 6.26. The summed E-state index contributed by atoms with van der Waals surface area (Å²) in [5.41, 5.74) is 0. The highest BCUT2D eigenvalue weighted by atomic mass is 35.5. The highest BCUT2D eigenvalue weighted by Gasteiger charge is 2.30. The molecule has 0 bridgehead atoms. The molecule has 1 fully saturated rings. The first-order chi connectivity index (χ1) is 7.50. The van der Waals surface area contributed by atoms with Gasteiger partial charge in [-0.2, -0.15) is 0 Å². The van der Waals surface area contributed by atoms with E-state index < -0.39 is 5.24 Å². The highest BCUT2D eigenvalue weighted by Crippen LogP contribution is 2.37. The zero-order valence-corrected chi connectivity index (χ0v) is 11.3. The Morgan fingerprint density at radius 2 is 2.12 bits per heavy atom. The van der Waals surface area contributed by atoms with Crippen LogP contribution in [-0.2, 0) is 9.53 Å². The zero-order valence-electron chi connectivity index (χ0n) is 10.5. The molecule has 2 nitrogen and oxygen atoms in total. The number of ether oxygens (including phenoxy) is 1. The Hall–Kier alpha value is -0.0800. The molecule has 1 aliphatic rings. The molecule has 0 aromatic carbocycles. The first-order valence-corrected chi connectivity index (χ1v) is 6.64. The van der Waals surface area contributed by atoms with E-state index >= 15 is 0 Å². The summed E-state index contributed by atoms with van der Waals surface area (Å²) in [4.78, 5) is 10.6. The summed E-state index contributed by atoms with van der Waals surface area (Å²) in [6.07, 6.45) is 3.84. The topological polar surface area (TPSA) is 26.3 Å². The van der Waals surface area contributed by atoms with Crippen molar-refractivity contribution in [2.45, 2.75) is 40.0 Å². The lowest BCUT2D eigenvalue weighted by atomic mass is 9.70. The number of hydrogen-bond donors (Lipinski definition) is 0. The molecule has 0 spiro atoms. The van der Waals surface area contributed by atoms with E-state index in [4.69, 9.17) is 16.3 Å². The van der Waals surface area contributed by atoms with Crippen molar-refractivity contribution in [2.24, 2.45) is 23.7 Å². The van der Waals surface area contributed by atoms with E-state index in [2.05, 4.69) is 20.8 Å². The van der Waals surface area contributed by atoms with E-state index in [1.54, 1.807) is 0 Å². The molecule has 1 aliphatic carbocycles. The van der Waals surface area contributed by atoms with Gasteiger partial charge < -0.3 is 4.74 Å². The molecule has 0 aromatic rings. The molecular weight excluding hydrogens is 224 g/mol. The van der Waals surface area contributed by atoms with Gasteiger partial charge >= 0.3 is 0 Å². The van der Waals surface area contributed by atoms with Crippen LogP contribution in [0.4, 0.5) is 0 Å². The maximum atomic E-state index is 10.6. The number of halogens is 1. The Balaban J connectivity index is 2.41.